The maximum absolute atomic E-state index is 5.09. The van der Waals surface area contributed by atoms with Crippen LogP contribution in [-0.4, -0.2) is 24.8 Å². The molecular weight excluding hydrogens is 284 g/mol. The Bertz CT molecular complexity index is 734. The van der Waals surface area contributed by atoms with E-state index in [9.17, 15) is 0 Å². The van der Waals surface area contributed by atoms with Gasteiger partial charge in [-0.2, -0.15) is 0 Å². The van der Waals surface area contributed by atoms with Gasteiger partial charge in [-0.15, -0.1) is 0 Å². The Labute approximate surface area is 137 Å². The number of benzene rings is 2. The highest BCUT2D eigenvalue weighted by Gasteiger charge is 2.08. The summed E-state index contributed by atoms with van der Waals surface area (Å²) in [5.74, 6) is 0. The molecule has 2 aromatic carbocycles. The SMILES string of the molecule is COCCCNCc1cn(Cc2ccccc2)c2ccccc12. The van der Waals surface area contributed by atoms with Crippen LogP contribution in [-0.2, 0) is 17.8 Å². The molecule has 0 aliphatic heterocycles. The number of rotatable bonds is 8. The van der Waals surface area contributed by atoms with Crippen molar-refractivity contribution in [3.05, 3.63) is 71.9 Å². The van der Waals surface area contributed by atoms with E-state index in [2.05, 4.69) is 70.7 Å². The second kappa shape index (κ2) is 7.95. The lowest BCUT2D eigenvalue weighted by atomic mass is 10.2. The fourth-order valence-corrected chi connectivity index (χ4v) is 2.94. The number of methoxy groups -OCH3 is 1. The third-order valence-corrected chi connectivity index (χ3v) is 4.08. The highest BCUT2D eigenvalue weighted by molar-refractivity contribution is 5.84. The molecule has 0 aliphatic carbocycles. The van der Waals surface area contributed by atoms with Gasteiger partial charge >= 0.3 is 0 Å². The third-order valence-electron chi connectivity index (χ3n) is 4.08. The molecule has 1 aromatic heterocycles. The van der Waals surface area contributed by atoms with E-state index in [1.807, 2.05) is 0 Å². The molecule has 1 heterocycles. The summed E-state index contributed by atoms with van der Waals surface area (Å²) >= 11 is 0. The van der Waals surface area contributed by atoms with Crippen LogP contribution in [0.25, 0.3) is 10.9 Å². The molecule has 3 aromatic rings. The predicted molar refractivity (Wildman–Crippen MR) is 95.7 cm³/mol. The highest BCUT2D eigenvalue weighted by atomic mass is 16.5. The Hall–Kier alpha value is -2.10. The predicted octanol–water partition coefficient (Wildman–Crippen LogP) is 3.82. The van der Waals surface area contributed by atoms with Gasteiger partial charge in [-0.3, -0.25) is 0 Å². The molecule has 3 heteroatoms. The smallest absolute Gasteiger partial charge is 0.0486 e. The number of fused-ring (bicyclic) bond motifs is 1. The molecule has 0 radical (unpaired) electrons. The van der Waals surface area contributed by atoms with E-state index in [-0.39, 0.29) is 0 Å². The van der Waals surface area contributed by atoms with Gasteiger partial charge in [0.1, 0.15) is 0 Å². The van der Waals surface area contributed by atoms with E-state index in [0.29, 0.717) is 0 Å². The second-order valence-corrected chi connectivity index (χ2v) is 5.81. The first-order valence-corrected chi connectivity index (χ1v) is 8.19. The van der Waals surface area contributed by atoms with Gasteiger partial charge in [0.15, 0.2) is 0 Å². The quantitative estimate of drug-likeness (QED) is 0.640. The second-order valence-electron chi connectivity index (χ2n) is 5.81. The van der Waals surface area contributed by atoms with E-state index in [4.69, 9.17) is 4.74 Å². The molecule has 0 aliphatic rings. The molecule has 3 rings (SSSR count). The fraction of sp³-hybridized carbons (Fsp3) is 0.300. The molecule has 0 saturated heterocycles. The molecule has 0 saturated carbocycles. The topological polar surface area (TPSA) is 26.2 Å². The summed E-state index contributed by atoms with van der Waals surface area (Å²) in [6.45, 7) is 3.59. The molecule has 0 spiro atoms. The number of nitrogens with zero attached hydrogens (tertiary/aromatic N) is 1. The Balaban J connectivity index is 1.76. The molecule has 1 N–H and O–H groups in total. The number of para-hydroxylation sites is 1. The van der Waals surface area contributed by atoms with Crippen molar-refractivity contribution in [3.63, 3.8) is 0 Å². The lowest BCUT2D eigenvalue weighted by molar-refractivity contribution is 0.194. The first-order chi connectivity index (χ1) is 11.4. The van der Waals surface area contributed by atoms with Crippen molar-refractivity contribution in [3.8, 4) is 0 Å². The fourth-order valence-electron chi connectivity index (χ4n) is 2.94. The summed E-state index contributed by atoms with van der Waals surface area (Å²) in [6, 6.07) is 19.2. The standard InChI is InChI=1S/C20H24N2O/c1-23-13-7-12-21-14-18-16-22(15-17-8-3-2-4-9-17)20-11-6-5-10-19(18)20/h2-6,8-11,16,21H,7,12-15H2,1H3. The average molecular weight is 308 g/mol. The molecule has 0 fully saturated rings. The van der Waals surface area contributed by atoms with Gasteiger partial charge in [-0.05, 0) is 30.2 Å². The van der Waals surface area contributed by atoms with Crippen LogP contribution in [0.4, 0.5) is 0 Å². The molecule has 3 nitrogen and oxygen atoms in total. The van der Waals surface area contributed by atoms with Gasteiger partial charge in [0.25, 0.3) is 0 Å². The maximum atomic E-state index is 5.09. The zero-order chi connectivity index (χ0) is 15.9. The number of hydrogen-bond donors (Lipinski definition) is 1. The number of nitrogens with one attached hydrogen (secondary N) is 1. The summed E-state index contributed by atoms with van der Waals surface area (Å²) in [7, 11) is 1.75. The molecular formula is C20H24N2O. The van der Waals surface area contributed by atoms with Crippen LogP contribution in [0.2, 0.25) is 0 Å². The lowest BCUT2D eigenvalue weighted by Gasteiger charge is -2.05. The van der Waals surface area contributed by atoms with Crippen LogP contribution < -0.4 is 5.32 Å². The Morgan fingerprint density at radius 2 is 1.78 bits per heavy atom. The van der Waals surface area contributed by atoms with E-state index in [1.54, 1.807) is 7.11 Å². The van der Waals surface area contributed by atoms with E-state index in [1.165, 1.54) is 22.0 Å². The van der Waals surface area contributed by atoms with Crippen LogP contribution >= 0.6 is 0 Å². The minimum atomic E-state index is 0.808. The first-order valence-electron chi connectivity index (χ1n) is 8.19. The van der Waals surface area contributed by atoms with Crippen LogP contribution in [0.15, 0.2) is 60.8 Å². The zero-order valence-corrected chi connectivity index (χ0v) is 13.7. The Morgan fingerprint density at radius 1 is 1.00 bits per heavy atom. The van der Waals surface area contributed by atoms with Crippen LogP contribution in [0.5, 0.6) is 0 Å². The van der Waals surface area contributed by atoms with Crippen molar-refractivity contribution in [2.45, 2.75) is 19.5 Å². The Morgan fingerprint density at radius 3 is 2.61 bits per heavy atom. The van der Waals surface area contributed by atoms with Crippen molar-refractivity contribution in [2.24, 2.45) is 0 Å². The summed E-state index contributed by atoms with van der Waals surface area (Å²) in [4.78, 5) is 0. The normalized spacial score (nSPS) is 11.2. The number of aromatic nitrogens is 1. The summed E-state index contributed by atoms with van der Waals surface area (Å²) in [6.07, 6.45) is 3.32. The molecule has 0 atom stereocenters. The van der Waals surface area contributed by atoms with Gasteiger partial charge in [-0.25, -0.2) is 0 Å². The van der Waals surface area contributed by atoms with Gasteiger partial charge in [0, 0.05) is 43.9 Å². The molecule has 0 amide bonds. The van der Waals surface area contributed by atoms with E-state index < -0.39 is 0 Å². The van der Waals surface area contributed by atoms with Crippen LogP contribution in [0.3, 0.4) is 0 Å². The largest absolute Gasteiger partial charge is 0.385 e. The van der Waals surface area contributed by atoms with Gasteiger partial charge in [0.05, 0.1) is 0 Å². The van der Waals surface area contributed by atoms with Crippen molar-refractivity contribution in [1.82, 2.24) is 9.88 Å². The number of hydrogen-bond acceptors (Lipinski definition) is 2. The summed E-state index contributed by atoms with van der Waals surface area (Å²) in [5, 5.41) is 4.85. The van der Waals surface area contributed by atoms with Crippen molar-refractivity contribution in [1.29, 1.82) is 0 Å². The monoisotopic (exact) mass is 308 g/mol. The van der Waals surface area contributed by atoms with Crippen molar-refractivity contribution in [2.75, 3.05) is 20.3 Å². The molecule has 23 heavy (non-hydrogen) atoms. The average Bonchev–Trinajstić information content (AvgIpc) is 2.94. The number of ether oxygens (including phenoxy) is 1. The van der Waals surface area contributed by atoms with Crippen molar-refractivity contribution < 1.29 is 4.74 Å². The molecule has 0 unspecified atom stereocenters. The Kier molecular flexibility index (Phi) is 5.46. The van der Waals surface area contributed by atoms with Gasteiger partial charge in [0.2, 0.25) is 0 Å². The van der Waals surface area contributed by atoms with E-state index in [0.717, 1.165) is 32.7 Å². The molecule has 120 valence electrons. The third kappa shape index (κ3) is 4.01. The van der Waals surface area contributed by atoms with Crippen LogP contribution in [0, 0.1) is 0 Å². The zero-order valence-electron chi connectivity index (χ0n) is 13.7. The summed E-state index contributed by atoms with van der Waals surface area (Å²) < 4.78 is 7.43. The minimum absolute atomic E-state index is 0.808. The summed E-state index contributed by atoms with van der Waals surface area (Å²) in [5.41, 5.74) is 3.98. The van der Waals surface area contributed by atoms with E-state index >= 15 is 0 Å². The minimum Gasteiger partial charge on any atom is -0.385 e. The maximum Gasteiger partial charge on any atom is 0.0486 e. The lowest BCUT2D eigenvalue weighted by Crippen LogP contribution is -2.15. The molecule has 0 bridgehead atoms. The van der Waals surface area contributed by atoms with Crippen LogP contribution in [0.1, 0.15) is 17.5 Å². The van der Waals surface area contributed by atoms with Gasteiger partial charge < -0.3 is 14.6 Å². The van der Waals surface area contributed by atoms with Gasteiger partial charge in [-0.1, -0.05) is 48.5 Å². The van der Waals surface area contributed by atoms with Crippen molar-refractivity contribution >= 4 is 10.9 Å². The highest BCUT2D eigenvalue weighted by Crippen LogP contribution is 2.22. The first kappa shape index (κ1) is 15.8.